The molecular weight excluding hydrogens is 277 g/mol. The lowest BCUT2D eigenvalue weighted by molar-refractivity contribution is -0.137. The number of ether oxygens (including phenoxy) is 1. The summed E-state index contributed by atoms with van der Waals surface area (Å²) in [4.78, 5) is 21.7. The number of rotatable bonds is 10. The lowest BCUT2D eigenvalue weighted by Gasteiger charge is -2.07. The molecule has 0 aromatic heterocycles. The van der Waals surface area contributed by atoms with Gasteiger partial charge in [-0.1, -0.05) is 0 Å². The monoisotopic (exact) mass is 297 g/mol. The van der Waals surface area contributed by atoms with Crippen LogP contribution in [0.25, 0.3) is 0 Å². The molecule has 0 bridgehead atoms. The lowest BCUT2D eigenvalue weighted by Crippen LogP contribution is -2.25. The molecular formula is C15H20FNO4. The van der Waals surface area contributed by atoms with E-state index in [9.17, 15) is 14.0 Å². The Kier molecular flexibility index (Phi) is 7.86. The highest BCUT2D eigenvalue weighted by atomic mass is 19.1. The van der Waals surface area contributed by atoms with Crippen LogP contribution in [-0.2, 0) is 9.59 Å². The Morgan fingerprint density at radius 1 is 1.10 bits per heavy atom. The number of carbonyl (C=O) groups is 2. The molecule has 0 radical (unpaired) electrons. The highest BCUT2D eigenvalue weighted by Gasteiger charge is 2.02. The quantitative estimate of drug-likeness (QED) is 0.650. The van der Waals surface area contributed by atoms with E-state index in [0.29, 0.717) is 44.6 Å². The normalized spacial score (nSPS) is 10.1. The number of carboxylic acid groups (broad SMARTS) is 1. The van der Waals surface area contributed by atoms with Gasteiger partial charge < -0.3 is 15.2 Å². The summed E-state index contributed by atoms with van der Waals surface area (Å²) in [5.74, 6) is -0.635. The van der Waals surface area contributed by atoms with Crippen molar-refractivity contribution in [1.82, 2.24) is 5.32 Å². The Bertz CT molecular complexity index is 447. The number of nitrogens with one attached hydrogen (secondary N) is 1. The van der Waals surface area contributed by atoms with Crippen LogP contribution in [-0.4, -0.2) is 30.1 Å². The highest BCUT2D eigenvalue weighted by Crippen LogP contribution is 2.10. The molecule has 1 amide bonds. The third kappa shape index (κ3) is 8.62. The molecule has 0 saturated heterocycles. The minimum absolute atomic E-state index is 0.0813. The van der Waals surface area contributed by atoms with Crippen molar-refractivity contribution in [2.24, 2.45) is 0 Å². The van der Waals surface area contributed by atoms with Crippen LogP contribution in [0.3, 0.4) is 0 Å². The molecule has 1 aromatic rings. The van der Waals surface area contributed by atoms with Gasteiger partial charge in [-0.15, -0.1) is 0 Å². The number of halogens is 1. The molecule has 1 aromatic carbocycles. The van der Waals surface area contributed by atoms with Gasteiger partial charge in [0.15, 0.2) is 0 Å². The molecule has 6 heteroatoms. The molecule has 0 saturated carbocycles. The van der Waals surface area contributed by atoms with Crippen LogP contribution in [0, 0.1) is 5.82 Å². The van der Waals surface area contributed by atoms with Gasteiger partial charge in [-0.3, -0.25) is 9.59 Å². The Morgan fingerprint density at radius 2 is 1.76 bits per heavy atom. The molecule has 5 nitrogen and oxygen atoms in total. The van der Waals surface area contributed by atoms with Crippen LogP contribution in [0.2, 0.25) is 0 Å². The van der Waals surface area contributed by atoms with Crippen LogP contribution in [0.1, 0.15) is 32.1 Å². The SMILES string of the molecule is O=C(O)CCCCC(=O)NCCCOc1ccc(F)cc1. The average Bonchev–Trinajstić information content (AvgIpc) is 2.45. The van der Waals surface area contributed by atoms with Crippen LogP contribution in [0.15, 0.2) is 24.3 Å². The van der Waals surface area contributed by atoms with Gasteiger partial charge in [0.05, 0.1) is 6.61 Å². The first kappa shape index (κ1) is 16.9. The molecule has 1 rings (SSSR count). The van der Waals surface area contributed by atoms with Gasteiger partial charge in [0.2, 0.25) is 5.91 Å². The van der Waals surface area contributed by atoms with E-state index in [2.05, 4.69) is 5.32 Å². The van der Waals surface area contributed by atoms with Crippen molar-refractivity contribution >= 4 is 11.9 Å². The van der Waals surface area contributed by atoms with Gasteiger partial charge in [-0.2, -0.15) is 0 Å². The summed E-state index contributed by atoms with van der Waals surface area (Å²) < 4.78 is 18.0. The van der Waals surface area contributed by atoms with Crippen LogP contribution >= 0.6 is 0 Å². The zero-order valence-electron chi connectivity index (χ0n) is 11.8. The van der Waals surface area contributed by atoms with Crippen molar-refractivity contribution in [1.29, 1.82) is 0 Å². The molecule has 21 heavy (non-hydrogen) atoms. The zero-order valence-corrected chi connectivity index (χ0v) is 11.8. The summed E-state index contributed by atoms with van der Waals surface area (Å²) in [5.41, 5.74) is 0. The van der Waals surface area contributed by atoms with Crippen molar-refractivity contribution < 1.29 is 23.8 Å². The second-order valence-corrected chi connectivity index (χ2v) is 4.61. The molecule has 0 aliphatic rings. The van der Waals surface area contributed by atoms with E-state index < -0.39 is 5.97 Å². The molecule has 0 spiro atoms. The van der Waals surface area contributed by atoms with E-state index >= 15 is 0 Å². The van der Waals surface area contributed by atoms with Crippen molar-refractivity contribution in [2.45, 2.75) is 32.1 Å². The van der Waals surface area contributed by atoms with Gasteiger partial charge in [-0.05, 0) is 43.5 Å². The predicted octanol–water partition coefficient (Wildman–Crippen LogP) is 2.36. The summed E-state index contributed by atoms with van der Waals surface area (Å²) in [6, 6.07) is 5.76. The minimum atomic E-state index is -0.839. The highest BCUT2D eigenvalue weighted by molar-refractivity contribution is 5.75. The maximum atomic E-state index is 12.7. The molecule has 0 heterocycles. The number of benzene rings is 1. The lowest BCUT2D eigenvalue weighted by atomic mass is 10.2. The fourth-order valence-corrected chi connectivity index (χ4v) is 1.67. The number of aliphatic carboxylic acids is 1. The van der Waals surface area contributed by atoms with Crippen molar-refractivity contribution in [3.8, 4) is 5.75 Å². The zero-order chi connectivity index (χ0) is 15.5. The Balaban J connectivity index is 1.99. The summed E-state index contributed by atoms with van der Waals surface area (Å²) >= 11 is 0. The van der Waals surface area contributed by atoms with E-state index in [1.54, 1.807) is 12.1 Å². The maximum absolute atomic E-state index is 12.7. The fraction of sp³-hybridized carbons (Fsp3) is 0.467. The molecule has 0 atom stereocenters. The van der Waals surface area contributed by atoms with Crippen molar-refractivity contribution in [2.75, 3.05) is 13.2 Å². The first-order chi connectivity index (χ1) is 10.1. The molecule has 0 aliphatic carbocycles. The van der Waals surface area contributed by atoms with Crippen LogP contribution < -0.4 is 10.1 Å². The largest absolute Gasteiger partial charge is 0.494 e. The number of carboxylic acids is 1. The number of carbonyl (C=O) groups excluding carboxylic acids is 1. The summed E-state index contributed by atoms with van der Waals surface area (Å²) in [6.45, 7) is 0.934. The van der Waals surface area contributed by atoms with E-state index in [1.165, 1.54) is 12.1 Å². The van der Waals surface area contributed by atoms with E-state index in [-0.39, 0.29) is 18.1 Å². The Morgan fingerprint density at radius 3 is 2.43 bits per heavy atom. The van der Waals surface area contributed by atoms with Gasteiger partial charge >= 0.3 is 5.97 Å². The van der Waals surface area contributed by atoms with E-state index in [4.69, 9.17) is 9.84 Å². The first-order valence-electron chi connectivity index (χ1n) is 6.95. The van der Waals surface area contributed by atoms with Gasteiger partial charge in [0.1, 0.15) is 11.6 Å². The van der Waals surface area contributed by atoms with Gasteiger partial charge in [-0.25, -0.2) is 4.39 Å². The summed E-state index contributed by atoms with van der Waals surface area (Å²) in [5, 5.41) is 11.2. The molecule has 2 N–H and O–H groups in total. The molecule has 0 fully saturated rings. The van der Waals surface area contributed by atoms with Crippen molar-refractivity contribution in [3.05, 3.63) is 30.1 Å². The molecule has 0 unspecified atom stereocenters. The predicted molar refractivity (Wildman–Crippen MR) is 75.6 cm³/mol. The average molecular weight is 297 g/mol. The minimum Gasteiger partial charge on any atom is -0.494 e. The number of amides is 1. The van der Waals surface area contributed by atoms with Gasteiger partial charge in [0.25, 0.3) is 0 Å². The fourth-order valence-electron chi connectivity index (χ4n) is 1.67. The third-order valence-electron chi connectivity index (χ3n) is 2.77. The number of unbranched alkanes of at least 4 members (excludes halogenated alkanes) is 1. The smallest absolute Gasteiger partial charge is 0.303 e. The number of hydrogen-bond acceptors (Lipinski definition) is 3. The van der Waals surface area contributed by atoms with Crippen LogP contribution in [0.5, 0.6) is 5.75 Å². The van der Waals surface area contributed by atoms with E-state index in [1.807, 2.05) is 0 Å². The van der Waals surface area contributed by atoms with Crippen LogP contribution in [0.4, 0.5) is 4.39 Å². The maximum Gasteiger partial charge on any atom is 0.303 e. The molecule has 0 aliphatic heterocycles. The van der Waals surface area contributed by atoms with Gasteiger partial charge in [0, 0.05) is 19.4 Å². The second-order valence-electron chi connectivity index (χ2n) is 4.61. The number of hydrogen-bond donors (Lipinski definition) is 2. The third-order valence-corrected chi connectivity index (χ3v) is 2.77. The Hall–Kier alpha value is -2.11. The Labute approximate surface area is 123 Å². The molecule has 116 valence electrons. The van der Waals surface area contributed by atoms with E-state index in [0.717, 1.165) is 0 Å². The summed E-state index contributed by atoms with van der Waals surface area (Å²) in [7, 11) is 0. The topological polar surface area (TPSA) is 75.6 Å². The van der Waals surface area contributed by atoms with Crippen molar-refractivity contribution in [3.63, 3.8) is 0 Å². The second kappa shape index (κ2) is 9.74. The summed E-state index contributed by atoms with van der Waals surface area (Å²) in [6.07, 6.45) is 2.17. The first-order valence-corrected chi connectivity index (χ1v) is 6.95. The standard InChI is InChI=1S/C15H20FNO4/c16-12-6-8-13(9-7-12)21-11-3-10-17-14(18)4-1-2-5-15(19)20/h6-9H,1-5,10-11H2,(H,17,18)(H,19,20).